The third kappa shape index (κ3) is 2.60. The number of nitrogens with one attached hydrogen (secondary N) is 1. The first-order valence-electron chi connectivity index (χ1n) is 6.24. The first-order chi connectivity index (χ1) is 8.22. The Labute approximate surface area is 102 Å². The van der Waals surface area contributed by atoms with E-state index in [1.165, 1.54) is 0 Å². The molecule has 1 aromatic rings. The summed E-state index contributed by atoms with van der Waals surface area (Å²) in [5, 5.41) is 3.11. The molecule has 1 amide bonds. The zero-order chi connectivity index (χ0) is 12.3. The first-order valence-corrected chi connectivity index (χ1v) is 6.24. The van der Waals surface area contributed by atoms with E-state index in [4.69, 9.17) is 4.74 Å². The van der Waals surface area contributed by atoms with E-state index < -0.39 is 0 Å². The minimum Gasteiger partial charge on any atom is -0.493 e. The van der Waals surface area contributed by atoms with Gasteiger partial charge in [-0.2, -0.15) is 0 Å². The van der Waals surface area contributed by atoms with Crippen molar-refractivity contribution in [2.45, 2.75) is 32.7 Å². The molecule has 3 heteroatoms. The Morgan fingerprint density at radius 2 is 2.29 bits per heavy atom. The fourth-order valence-electron chi connectivity index (χ4n) is 1.99. The summed E-state index contributed by atoms with van der Waals surface area (Å²) in [6.45, 7) is 4.66. The van der Waals surface area contributed by atoms with Crippen LogP contribution in [-0.2, 0) is 4.79 Å². The van der Waals surface area contributed by atoms with Gasteiger partial charge in [0.15, 0.2) is 0 Å². The number of ether oxygens (including phenoxy) is 1. The lowest BCUT2D eigenvalue weighted by atomic mass is 9.99. The second kappa shape index (κ2) is 5.21. The number of carbonyl (C=O) groups excluding carboxylic acids is 1. The van der Waals surface area contributed by atoms with Crippen molar-refractivity contribution in [3.63, 3.8) is 0 Å². The number of amides is 1. The second-order valence-electron chi connectivity index (χ2n) is 4.55. The van der Waals surface area contributed by atoms with Crippen LogP contribution in [0.25, 0.3) is 0 Å². The molecule has 0 aromatic heterocycles. The molecule has 92 valence electrons. The second-order valence-corrected chi connectivity index (χ2v) is 4.55. The zero-order valence-electron chi connectivity index (χ0n) is 10.4. The van der Waals surface area contributed by atoms with Crippen LogP contribution in [0.2, 0.25) is 0 Å². The molecule has 2 atom stereocenters. The Morgan fingerprint density at radius 3 is 3.06 bits per heavy atom. The van der Waals surface area contributed by atoms with Gasteiger partial charge in [-0.25, -0.2) is 0 Å². The van der Waals surface area contributed by atoms with Crippen LogP contribution >= 0.6 is 0 Å². The minimum absolute atomic E-state index is 0.0741. The highest BCUT2D eigenvalue weighted by Crippen LogP contribution is 2.31. The van der Waals surface area contributed by atoms with E-state index in [9.17, 15) is 4.79 Å². The Balaban J connectivity index is 2.11. The normalized spacial score (nSPS) is 20.0. The molecule has 0 fully saturated rings. The van der Waals surface area contributed by atoms with Crippen LogP contribution < -0.4 is 10.1 Å². The molecule has 1 aliphatic rings. The SMILES string of the molecule is CCC(C)C(=O)NC1CCOc2ccccc21. The molecule has 2 rings (SSSR count). The van der Waals surface area contributed by atoms with E-state index in [0.717, 1.165) is 24.2 Å². The van der Waals surface area contributed by atoms with E-state index in [0.29, 0.717) is 6.61 Å². The molecule has 1 aliphatic heterocycles. The van der Waals surface area contributed by atoms with Gasteiger partial charge in [0.2, 0.25) is 5.91 Å². The minimum atomic E-state index is 0.0741. The van der Waals surface area contributed by atoms with Gasteiger partial charge in [0, 0.05) is 17.9 Å². The Hall–Kier alpha value is -1.51. The summed E-state index contributed by atoms with van der Waals surface area (Å²) in [7, 11) is 0. The summed E-state index contributed by atoms with van der Waals surface area (Å²) < 4.78 is 5.57. The molecular formula is C14H19NO2. The van der Waals surface area contributed by atoms with Crippen LogP contribution in [0, 0.1) is 5.92 Å². The first kappa shape index (κ1) is 12.0. The third-order valence-electron chi connectivity index (χ3n) is 3.33. The summed E-state index contributed by atoms with van der Waals surface area (Å²) in [4.78, 5) is 11.9. The van der Waals surface area contributed by atoms with E-state index in [-0.39, 0.29) is 17.9 Å². The predicted molar refractivity (Wildman–Crippen MR) is 66.9 cm³/mol. The van der Waals surface area contributed by atoms with Crippen LogP contribution in [0.1, 0.15) is 38.3 Å². The Bertz CT molecular complexity index is 403. The summed E-state index contributed by atoms with van der Waals surface area (Å²) >= 11 is 0. The Morgan fingerprint density at radius 1 is 1.53 bits per heavy atom. The number of fused-ring (bicyclic) bond motifs is 1. The maximum Gasteiger partial charge on any atom is 0.223 e. The molecule has 1 N–H and O–H groups in total. The highest BCUT2D eigenvalue weighted by molar-refractivity contribution is 5.78. The molecule has 1 aromatic carbocycles. The molecule has 2 unspecified atom stereocenters. The summed E-state index contributed by atoms with van der Waals surface area (Å²) in [6.07, 6.45) is 1.72. The molecule has 0 saturated heterocycles. The van der Waals surface area contributed by atoms with Crippen molar-refractivity contribution < 1.29 is 9.53 Å². The van der Waals surface area contributed by atoms with E-state index >= 15 is 0 Å². The van der Waals surface area contributed by atoms with Gasteiger partial charge in [-0.15, -0.1) is 0 Å². The van der Waals surface area contributed by atoms with Gasteiger partial charge in [0.05, 0.1) is 12.6 Å². The molecule has 0 bridgehead atoms. The molecule has 3 nitrogen and oxygen atoms in total. The average Bonchev–Trinajstić information content (AvgIpc) is 2.38. The molecule has 0 spiro atoms. The van der Waals surface area contributed by atoms with Crippen molar-refractivity contribution in [3.8, 4) is 5.75 Å². The maximum absolute atomic E-state index is 11.9. The third-order valence-corrected chi connectivity index (χ3v) is 3.33. The zero-order valence-corrected chi connectivity index (χ0v) is 10.4. The molecule has 17 heavy (non-hydrogen) atoms. The van der Waals surface area contributed by atoms with Crippen LogP contribution in [0.5, 0.6) is 5.75 Å². The average molecular weight is 233 g/mol. The van der Waals surface area contributed by atoms with Crippen molar-refractivity contribution in [1.29, 1.82) is 0 Å². The number of hydrogen-bond acceptors (Lipinski definition) is 2. The van der Waals surface area contributed by atoms with E-state index in [2.05, 4.69) is 5.32 Å². The smallest absolute Gasteiger partial charge is 0.223 e. The Kier molecular flexibility index (Phi) is 3.67. The predicted octanol–water partition coefficient (Wildman–Crippen LogP) is 2.67. The topological polar surface area (TPSA) is 38.3 Å². The standard InChI is InChI=1S/C14H19NO2/c1-3-10(2)14(16)15-12-8-9-17-13-7-5-4-6-11(12)13/h4-7,10,12H,3,8-9H2,1-2H3,(H,15,16). The van der Waals surface area contributed by atoms with Crippen LogP contribution in [0.3, 0.4) is 0 Å². The fourth-order valence-corrected chi connectivity index (χ4v) is 1.99. The summed E-state index contributed by atoms with van der Waals surface area (Å²) in [5.74, 6) is 1.10. The highest BCUT2D eigenvalue weighted by atomic mass is 16.5. The van der Waals surface area contributed by atoms with Crippen LogP contribution in [-0.4, -0.2) is 12.5 Å². The van der Waals surface area contributed by atoms with E-state index in [1.54, 1.807) is 0 Å². The maximum atomic E-state index is 11.9. The number of hydrogen-bond donors (Lipinski definition) is 1. The number of benzene rings is 1. The van der Waals surface area contributed by atoms with Crippen molar-refractivity contribution in [3.05, 3.63) is 29.8 Å². The van der Waals surface area contributed by atoms with Gasteiger partial charge in [-0.05, 0) is 12.5 Å². The van der Waals surface area contributed by atoms with Crippen molar-refractivity contribution in [2.24, 2.45) is 5.92 Å². The van der Waals surface area contributed by atoms with Crippen LogP contribution in [0.15, 0.2) is 24.3 Å². The van der Waals surface area contributed by atoms with Gasteiger partial charge < -0.3 is 10.1 Å². The number of rotatable bonds is 3. The van der Waals surface area contributed by atoms with Gasteiger partial charge in [-0.3, -0.25) is 4.79 Å². The summed E-state index contributed by atoms with van der Waals surface area (Å²) in [6, 6.07) is 8.02. The molecule has 0 aliphatic carbocycles. The van der Waals surface area contributed by atoms with Gasteiger partial charge >= 0.3 is 0 Å². The fraction of sp³-hybridized carbons (Fsp3) is 0.500. The lowest BCUT2D eigenvalue weighted by Crippen LogP contribution is -2.35. The number of para-hydroxylation sites is 1. The largest absolute Gasteiger partial charge is 0.493 e. The van der Waals surface area contributed by atoms with Gasteiger partial charge in [0.25, 0.3) is 0 Å². The lowest BCUT2D eigenvalue weighted by molar-refractivity contribution is -0.125. The number of carbonyl (C=O) groups is 1. The quantitative estimate of drug-likeness (QED) is 0.871. The summed E-state index contributed by atoms with van der Waals surface area (Å²) in [5.41, 5.74) is 1.09. The molecular weight excluding hydrogens is 214 g/mol. The highest BCUT2D eigenvalue weighted by Gasteiger charge is 2.23. The molecule has 0 radical (unpaired) electrons. The van der Waals surface area contributed by atoms with Crippen molar-refractivity contribution >= 4 is 5.91 Å². The van der Waals surface area contributed by atoms with Gasteiger partial charge in [0.1, 0.15) is 5.75 Å². The van der Waals surface area contributed by atoms with Crippen LogP contribution in [0.4, 0.5) is 0 Å². The van der Waals surface area contributed by atoms with E-state index in [1.807, 2.05) is 38.1 Å². The van der Waals surface area contributed by atoms with Gasteiger partial charge in [-0.1, -0.05) is 32.0 Å². The van der Waals surface area contributed by atoms with Crippen molar-refractivity contribution in [2.75, 3.05) is 6.61 Å². The lowest BCUT2D eigenvalue weighted by Gasteiger charge is -2.27. The molecule has 0 saturated carbocycles. The monoisotopic (exact) mass is 233 g/mol. The molecule has 1 heterocycles. The van der Waals surface area contributed by atoms with Crippen molar-refractivity contribution in [1.82, 2.24) is 5.32 Å².